The van der Waals surface area contributed by atoms with Crippen molar-refractivity contribution >= 4 is 16.8 Å². The molecule has 0 spiro atoms. The van der Waals surface area contributed by atoms with Crippen LogP contribution in [0, 0.1) is 6.92 Å². The molecule has 0 bridgehead atoms. The molecule has 4 nitrogen and oxygen atoms in total. The highest BCUT2D eigenvalue weighted by atomic mass is 16.3. The lowest BCUT2D eigenvalue weighted by Gasteiger charge is -2.07. The Labute approximate surface area is 106 Å². The zero-order valence-corrected chi connectivity index (χ0v) is 10.9. The van der Waals surface area contributed by atoms with Crippen LogP contribution in [0.3, 0.4) is 0 Å². The molecular weight excluding hydrogens is 230 g/mol. The predicted octanol–water partition coefficient (Wildman–Crippen LogP) is 2.58. The second-order valence-corrected chi connectivity index (χ2v) is 4.71. The SMILES string of the molecule is Cc1c(C(=O)CCN(C)C)oc2cc(O)ccc12. The summed E-state index contributed by atoms with van der Waals surface area (Å²) in [4.78, 5) is 14.0. The Bertz CT molecular complexity index is 584. The van der Waals surface area contributed by atoms with E-state index in [-0.39, 0.29) is 11.5 Å². The Balaban J connectivity index is 2.33. The Kier molecular flexibility index (Phi) is 3.39. The summed E-state index contributed by atoms with van der Waals surface area (Å²) < 4.78 is 5.55. The zero-order chi connectivity index (χ0) is 13.3. The first kappa shape index (κ1) is 12.6. The summed E-state index contributed by atoms with van der Waals surface area (Å²) in [6.45, 7) is 2.56. The molecule has 96 valence electrons. The van der Waals surface area contributed by atoms with Gasteiger partial charge in [-0.05, 0) is 33.2 Å². The summed E-state index contributed by atoms with van der Waals surface area (Å²) >= 11 is 0. The van der Waals surface area contributed by atoms with Crippen molar-refractivity contribution in [2.24, 2.45) is 0 Å². The van der Waals surface area contributed by atoms with E-state index >= 15 is 0 Å². The van der Waals surface area contributed by atoms with Crippen LogP contribution >= 0.6 is 0 Å². The number of phenols is 1. The van der Waals surface area contributed by atoms with E-state index in [0.717, 1.165) is 10.9 Å². The standard InChI is InChI=1S/C14H17NO3/c1-9-11-5-4-10(16)8-13(11)18-14(9)12(17)6-7-15(2)3/h4-5,8,16H,6-7H2,1-3H3. The molecule has 0 aliphatic rings. The maximum atomic E-state index is 12.0. The van der Waals surface area contributed by atoms with Gasteiger partial charge in [0.25, 0.3) is 0 Å². The number of ketones is 1. The largest absolute Gasteiger partial charge is 0.508 e. The van der Waals surface area contributed by atoms with Gasteiger partial charge < -0.3 is 14.4 Å². The van der Waals surface area contributed by atoms with E-state index in [2.05, 4.69) is 0 Å². The van der Waals surface area contributed by atoms with Crippen molar-refractivity contribution in [1.29, 1.82) is 0 Å². The molecule has 0 atom stereocenters. The number of rotatable bonds is 4. The van der Waals surface area contributed by atoms with E-state index in [4.69, 9.17) is 4.42 Å². The molecule has 1 aromatic heterocycles. The zero-order valence-electron chi connectivity index (χ0n) is 10.9. The number of hydrogen-bond donors (Lipinski definition) is 1. The molecule has 2 rings (SSSR count). The van der Waals surface area contributed by atoms with Crippen molar-refractivity contribution in [3.05, 3.63) is 29.5 Å². The lowest BCUT2D eigenvalue weighted by molar-refractivity contribution is 0.0947. The second-order valence-electron chi connectivity index (χ2n) is 4.71. The molecule has 0 saturated heterocycles. The van der Waals surface area contributed by atoms with Crippen molar-refractivity contribution in [3.63, 3.8) is 0 Å². The normalized spacial score (nSPS) is 11.3. The summed E-state index contributed by atoms with van der Waals surface area (Å²) in [5.41, 5.74) is 1.40. The number of carbonyl (C=O) groups is 1. The van der Waals surface area contributed by atoms with Gasteiger partial charge in [-0.15, -0.1) is 0 Å². The van der Waals surface area contributed by atoms with E-state index in [1.165, 1.54) is 6.07 Å². The number of nitrogens with zero attached hydrogens (tertiary/aromatic N) is 1. The van der Waals surface area contributed by atoms with Crippen molar-refractivity contribution in [3.8, 4) is 5.75 Å². The molecule has 0 amide bonds. The quantitative estimate of drug-likeness (QED) is 0.844. The van der Waals surface area contributed by atoms with E-state index in [1.807, 2.05) is 25.9 Å². The topological polar surface area (TPSA) is 53.7 Å². The molecule has 1 heterocycles. The van der Waals surface area contributed by atoms with Crippen LogP contribution in [-0.2, 0) is 0 Å². The number of fused-ring (bicyclic) bond motifs is 1. The molecule has 0 aliphatic heterocycles. The van der Waals surface area contributed by atoms with E-state index in [0.29, 0.717) is 24.3 Å². The number of phenolic OH excluding ortho intramolecular Hbond substituents is 1. The molecule has 1 N–H and O–H groups in total. The van der Waals surface area contributed by atoms with Crippen molar-refractivity contribution in [2.75, 3.05) is 20.6 Å². The molecule has 0 aliphatic carbocycles. The molecule has 0 unspecified atom stereocenters. The molecule has 4 heteroatoms. The van der Waals surface area contributed by atoms with Crippen LogP contribution in [-0.4, -0.2) is 36.4 Å². The highest BCUT2D eigenvalue weighted by Crippen LogP contribution is 2.28. The Morgan fingerprint density at radius 1 is 1.39 bits per heavy atom. The van der Waals surface area contributed by atoms with Crippen LogP contribution in [0.4, 0.5) is 0 Å². The molecule has 0 radical (unpaired) electrons. The first-order valence-electron chi connectivity index (χ1n) is 5.89. The summed E-state index contributed by atoms with van der Waals surface area (Å²) in [6, 6.07) is 4.90. The molecule has 1 aromatic carbocycles. The van der Waals surface area contributed by atoms with E-state index in [9.17, 15) is 9.90 Å². The average Bonchev–Trinajstić information content (AvgIpc) is 2.63. The fourth-order valence-electron chi connectivity index (χ4n) is 1.92. The smallest absolute Gasteiger partial charge is 0.199 e. The molecule has 0 saturated carbocycles. The van der Waals surface area contributed by atoms with Crippen molar-refractivity contribution in [2.45, 2.75) is 13.3 Å². The van der Waals surface area contributed by atoms with Gasteiger partial charge in [0.05, 0.1) is 0 Å². The van der Waals surface area contributed by atoms with E-state index < -0.39 is 0 Å². The number of benzene rings is 1. The van der Waals surface area contributed by atoms with Crippen molar-refractivity contribution in [1.82, 2.24) is 4.90 Å². The number of hydrogen-bond acceptors (Lipinski definition) is 4. The maximum Gasteiger partial charge on any atom is 0.199 e. The minimum atomic E-state index is -0.00288. The van der Waals surface area contributed by atoms with Crippen LogP contribution < -0.4 is 0 Å². The average molecular weight is 247 g/mol. The summed E-state index contributed by atoms with van der Waals surface area (Å²) in [5.74, 6) is 0.540. The Hall–Kier alpha value is -1.81. The van der Waals surface area contributed by atoms with E-state index in [1.54, 1.807) is 12.1 Å². The lowest BCUT2D eigenvalue weighted by atomic mass is 10.1. The fourth-order valence-corrected chi connectivity index (χ4v) is 1.92. The third-order valence-corrected chi connectivity index (χ3v) is 2.96. The van der Waals surface area contributed by atoms with Gasteiger partial charge in [0.15, 0.2) is 11.5 Å². The molecule has 0 fully saturated rings. The predicted molar refractivity (Wildman–Crippen MR) is 70.1 cm³/mol. The highest BCUT2D eigenvalue weighted by molar-refractivity contribution is 6.00. The van der Waals surface area contributed by atoms with Gasteiger partial charge in [-0.1, -0.05) is 0 Å². The molecule has 18 heavy (non-hydrogen) atoms. The summed E-state index contributed by atoms with van der Waals surface area (Å²) in [6.07, 6.45) is 0.430. The Morgan fingerprint density at radius 2 is 2.11 bits per heavy atom. The Morgan fingerprint density at radius 3 is 2.78 bits per heavy atom. The summed E-state index contributed by atoms with van der Waals surface area (Å²) in [7, 11) is 3.85. The fraction of sp³-hybridized carbons (Fsp3) is 0.357. The minimum Gasteiger partial charge on any atom is -0.508 e. The van der Waals surface area contributed by atoms with Gasteiger partial charge in [-0.3, -0.25) is 4.79 Å². The van der Waals surface area contributed by atoms with Crippen LogP contribution in [0.5, 0.6) is 5.75 Å². The van der Waals surface area contributed by atoms with Crippen LogP contribution in [0.15, 0.2) is 22.6 Å². The van der Waals surface area contributed by atoms with Gasteiger partial charge in [0.2, 0.25) is 0 Å². The first-order valence-corrected chi connectivity index (χ1v) is 5.89. The number of aromatic hydroxyl groups is 1. The second kappa shape index (κ2) is 4.82. The van der Waals surface area contributed by atoms with Gasteiger partial charge in [-0.2, -0.15) is 0 Å². The van der Waals surface area contributed by atoms with Gasteiger partial charge in [-0.25, -0.2) is 0 Å². The van der Waals surface area contributed by atoms with Gasteiger partial charge in [0.1, 0.15) is 11.3 Å². The number of carbonyl (C=O) groups excluding carboxylic acids is 1. The number of furan rings is 1. The van der Waals surface area contributed by atoms with Crippen molar-refractivity contribution < 1.29 is 14.3 Å². The van der Waals surface area contributed by atoms with Gasteiger partial charge in [0, 0.05) is 30.0 Å². The number of Topliss-reactive ketones (excluding diaryl/α,β-unsaturated/α-hetero) is 1. The molecule has 2 aromatic rings. The third kappa shape index (κ3) is 2.38. The van der Waals surface area contributed by atoms with Crippen LogP contribution in [0.2, 0.25) is 0 Å². The number of aryl methyl sites for hydroxylation is 1. The maximum absolute atomic E-state index is 12.0. The summed E-state index contributed by atoms with van der Waals surface area (Å²) in [5, 5.41) is 10.3. The van der Waals surface area contributed by atoms with Gasteiger partial charge >= 0.3 is 0 Å². The highest BCUT2D eigenvalue weighted by Gasteiger charge is 2.17. The third-order valence-electron chi connectivity index (χ3n) is 2.96. The first-order chi connectivity index (χ1) is 8.49. The monoisotopic (exact) mass is 247 g/mol. The van der Waals surface area contributed by atoms with Crippen LogP contribution in [0.25, 0.3) is 11.0 Å². The molecular formula is C14H17NO3. The van der Waals surface area contributed by atoms with Crippen LogP contribution in [0.1, 0.15) is 22.5 Å². The lowest BCUT2D eigenvalue weighted by Crippen LogP contribution is -2.16. The minimum absolute atomic E-state index is 0.00288.